The molecule has 4 heteroatoms. The monoisotopic (exact) mass is 249 g/mol. The van der Waals surface area contributed by atoms with Gasteiger partial charge in [0.1, 0.15) is 0 Å². The molecule has 0 aromatic rings. The first-order valence-corrected chi connectivity index (χ1v) is 0. The van der Waals surface area contributed by atoms with Crippen LogP contribution in [0.3, 0.4) is 0 Å². The Kier molecular flexibility index (Phi) is 112. The van der Waals surface area contributed by atoms with Gasteiger partial charge in [-0.3, -0.25) is 0 Å². The van der Waals surface area contributed by atoms with Gasteiger partial charge in [0, 0.05) is 35.6 Å². The van der Waals surface area contributed by atoms with Crippen LogP contribution in [0.1, 0.15) is 2.85 Å². The first-order valence-electron chi connectivity index (χ1n) is 0. The fraction of sp³-hybridized carbons (Fsp3) is 0. The van der Waals surface area contributed by atoms with Crippen LogP contribution in [0.5, 0.6) is 0 Å². The summed E-state index contributed by atoms with van der Waals surface area (Å²) >= 11 is 0. The van der Waals surface area contributed by atoms with Crippen molar-refractivity contribution < 1.29 is 38.5 Å². The molecule has 0 aromatic carbocycles. The summed E-state index contributed by atoms with van der Waals surface area (Å²) in [4.78, 5) is 0. The van der Waals surface area contributed by atoms with Crippen LogP contribution in [0.2, 0.25) is 0 Å². The minimum absolute atomic E-state index is 0. The van der Waals surface area contributed by atoms with E-state index in [-0.39, 0.29) is 103 Å². The van der Waals surface area contributed by atoms with Crippen molar-refractivity contribution in [3.8, 4) is 0 Å². The van der Waals surface area contributed by atoms with E-state index in [9.17, 15) is 0 Å². The van der Waals surface area contributed by atoms with Gasteiger partial charge in [0.25, 0.3) is 0 Å². The summed E-state index contributed by atoms with van der Waals surface area (Å²) in [6.45, 7) is 0. The smallest absolute Gasteiger partial charge is 1.00 e. The fourth-order valence-electron chi connectivity index (χ4n) is 0. The van der Waals surface area contributed by atoms with Crippen molar-refractivity contribution in [1.29, 1.82) is 0 Å². The molecule has 0 bridgehead atoms. The Morgan fingerprint density at radius 3 is 1.00 bits per heavy atom. The standard InChI is InChI=1S/Ca.La.2H2S.2H/h;;2*1H2;;/q+2;;;;2*-1. The Labute approximate surface area is 101 Å². The van der Waals surface area contributed by atoms with Crippen molar-refractivity contribution >= 4 is 64.7 Å². The predicted octanol–water partition coefficient (Wildman–Crippen LogP) is 0.0698. The Hall–Kier alpha value is 3.15. The second kappa shape index (κ2) is 16.4. The van der Waals surface area contributed by atoms with Crippen LogP contribution in [-0.2, 0) is 0 Å². The van der Waals surface area contributed by atoms with Gasteiger partial charge >= 0.3 is 37.7 Å². The molecular formula is H6CaLaS2. The molecule has 0 atom stereocenters. The molecule has 0 fully saturated rings. The van der Waals surface area contributed by atoms with Crippen LogP contribution in [0.15, 0.2) is 0 Å². The zero-order valence-electron chi connectivity index (χ0n) is 4.28. The molecule has 0 saturated heterocycles. The second-order valence-corrected chi connectivity index (χ2v) is 0. The summed E-state index contributed by atoms with van der Waals surface area (Å²) in [6.07, 6.45) is 0. The molecule has 23 valence electrons. The van der Waals surface area contributed by atoms with Crippen LogP contribution >= 0.6 is 27.0 Å². The van der Waals surface area contributed by atoms with Gasteiger partial charge in [-0.25, -0.2) is 0 Å². The zero-order chi connectivity index (χ0) is 0. The first kappa shape index (κ1) is 27.2. The molecule has 0 amide bonds. The van der Waals surface area contributed by atoms with Gasteiger partial charge < -0.3 is 2.85 Å². The van der Waals surface area contributed by atoms with Gasteiger partial charge in [0.05, 0.1) is 0 Å². The Morgan fingerprint density at radius 1 is 1.00 bits per heavy atom. The molecule has 0 spiro atoms. The van der Waals surface area contributed by atoms with Crippen molar-refractivity contribution in [3.05, 3.63) is 0 Å². The van der Waals surface area contributed by atoms with Crippen LogP contribution in [-0.4, -0.2) is 37.7 Å². The third-order valence-electron chi connectivity index (χ3n) is 0. The van der Waals surface area contributed by atoms with Crippen molar-refractivity contribution in [2.75, 3.05) is 0 Å². The summed E-state index contributed by atoms with van der Waals surface area (Å²) in [7, 11) is 0. The van der Waals surface area contributed by atoms with E-state index in [2.05, 4.69) is 0 Å². The minimum atomic E-state index is 0. The van der Waals surface area contributed by atoms with Gasteiger partial charge in [0.15, 0.2) is 0 Å². The van der Waals surface area contributed by atoms with Gasteiger partial charge in [-0.15, -0.1) is 0 Å². The maximum Gasteiger partial charge on any atom is 2.00 e. The molecule has 1 radical (unpaired) electrons. The summed E-state index contributed by atoms with van der Waals surface area (Å²) < 4.78 is 0. The molecule has 4 heavy (non-hydrogen) atoms. The van der Waals surface area contributed by atoms with E-state index in [0.717, 1.165) is 0 Å². The quantitative estimate of drug-likeness (QED) is 0.533. The average molecular weight is 249 g/mol. The van der Waals surface area contributed by atoms with Crippen LogP contribution in [0.25, 0.3) is 0 Å². The van der Waals surface area contributed by atoms with Gasteiger partial charge in [0.2, 0.25) is 0 Å². The third kappa shape index (κ3) is 8.94. The van der Waals surface area contributed by atoms with Crippen LogP contribution in [0.4, 0.5) is 0 Å². The van der Waals surface area contributed by atoms with Crippen molar-refractivity contribution in [2.24, 2.45) is 0 Å². The van der Waals surface area contributed by atoms with Crippen molar-refractivity contribution in [2.45, 2.75) is 0 Å². The van der Waals surface area contributed by atoms with Gasteiger partial charge in [-0.05, 0) is 0 Å². The third-order valence-corrected chi connectivity index (χ3v) is 0. The molecule has 0 nitrogen and oxygen atoms in total. The van der Waals surface area contributed by atoms with Gasteiger partial charge in [-0.2, -0.15) is 27.0 Å². The number of rotatable bonds is 0. The minimum Gasteiger partial charge on any atom is -1.00 e. The second-order valence-electron chi connectivity index (χ2n) is 0. The van der Waals surface area contributed by atoms with E-state index in [1.54, 1.807) is 0 Å². The Morgan fingerprint density at radius 2 is 1.00 bits per heavy atom. The fourth-order valence-corrected chi connectivity index (χ4v) is 0. The summed E-state index contributed by atoms with van der Waals surface area (Å²) in [5.41, 5.74) is 0. The predicted molar refractivity (Wildman–Crippen MR) is 28.7 cm³/mol. The SMILES string of the molecule is S.S.[Ca+2].[H-].[H-].[La]. The first-order chi connectivity index (χ1) is 0. The summed E-state index contributed by atoms with van der Waals surface area (Å²) in [6, 6.07) is 0. The molecule has 0 saturated carbocycles. The maximum absolute atomic E-state index is 0. The Bertz CT molecular complexity index is 11.5. The molecule has 0 aliphatic rings. The van der Waals surface area contributed by atoms with E-state index >= 15 is 0 Å². The molecule has 0 N–H and O–H groups in total. The largest absolute Gasteiger partial charge is 2.00 e. The molecule has 0 rings (SSSR count). The number of hydrogen-bond donors (Lipinski definition) is 0. The maximum atomic E-state index is 0. The van der Waals surface area contributed by atoms with Crippen molar-refractivity contribution in [3.63, 3.8) is 0 Å². The Balaban J connectivity index is 0. The normalized spacial score (nSPS) is 0. The van der Waals surface area contributed by atoms with E-state index in [1.165, 1.54) is 0 Å². The topological polar surface area (TPSA) is 0 Å². The zero-order valence-corrected chi connectivity index (χ0v) is 10.1. The van der Waals surface area contributed by atoms with Crippen LogP contribution < -0.4 is 0 Å². The summed E-state index contributed by atoms with van der Waals surface area (Å²) in [5.74, 6) is 0. The molecule has 0 heterocycles. The molecule has 0 aliphatic heterocycles. The summed E-state index contributed by atoms with van der Waals surface area (Å²) in [5, 5.41) is 0. The molecule has 0 unspecified atom stereocenters. The number of hydrogen-bond acceptors (Lipinski definition) is 0. The molecule has 0 aliphatic carbocycles. The van der Waals surface area contributed by atoms with Crippen molar-refractivity contribution in [1.82, 2.24) is 0 Å². The van der Waals surface area contributed by atoms with E-state index < -0.39 is 0 Å². The van der Waals surface area contributed by atoms with Gasteiger partial charge in [-0.1, -0.05) is 0 Å². The van der Waals surface area contributed by atoms with E-state index in [1.807, 2.05) is 0 Å². The molecular weight excluding hydrogens is 243 g/mol. The molecule has 0 aromatic heterocycles. The van der Waals surface area contributed by atoms with Crippen LogP contribution in [0, 0.1) is 35.6 Å². The average Bonchev–Trinajstić information content (AvgIpc) is 0. The van der Waals surface area contributed by atoms with E-state index in [0.29, 0.717) is 0 Å². The van der Waals surface area contributed by atoms with E-state index in [4.69, 9.17) is 0 Å².